The Kier molecular flexibility index (Phi) is 30.0. The number of nitrogens with one attached hydrogen (secondary N) is 2. The number of unbranched alkanes of at least 4 members (excludes halogenated alkanes) is 26. The van der Waals surface area contributed by atoms with Gasteiger partial charge in [-0.05, 0) is 68.2 Å². The van der Waals surface area contributed by atoms with E-state index in [1.54, 1.807) is 0 Å². The molecule has 0 saturated carbocycles. The van der Waals surface area contributed by atoms with E-state index in [9.17, 15) is 9.59 Å². The van der Waals surface area contributed by atoms with Gasteiger partial charge in [0.05, 0.1) is 0 Å². The lowest BCUT2D eigenvalue weighted by Gasteiger charge is -2.46. The highest BCUT2D eigenvalue weighted by Crippen LogP contribution is 2.32. The second kappa shape index (κ2) is 31.7. The molecule has 2 saturated heterocycles. The summed E-state index contributed by atoms with van der Waals surface area (Å²) in [5.41, 5.74) is 0.118. The second-order valence-electron chi connectivity index (χ2n) is 21.5. The van der Waals surface area contributed by atoms with Gasteiger partial charge in [-0.15, -0.1) is 0 Å². The fourth-order valence-electron chi connectivity index (χ4n) is 10.0. The van der Waals surface area contributed by atoms with Gasteiger partial charge in [0, 0.05) is 60.7 Å². The van der Waals surface area contributed by atoms with Gasteiger partial charge in [-0.1, -0.05) is 181 Å². The summed E-state index contributed by atoms with van der Waals surface area (Å²) in [5.74, 6) is 0.00441. The number of rotatable bonds is 32. The van der Waals surface area contributed by atoms with Crippen molar-refractivity contribution in [2.45, 2.75) is 322 Å². The van der Waals surface area contributed by atoms with Crippen molar-refractivity contribution >= 4 is 11.9 Å². The van der Waals surface area contributed by atoms with Crippen molar-refractivity contribution in [3.63, 3.8) is 0 Å². The van der Waals surface area contributed by atoms with Gasteiger partial charge in [0.25, 0.3) is 0 Å². The molecule has 2 N–H and O–H groups in total. The Morgan fingerprint density at radius 2 is 0.552 bits per heavy atom. The number of esters is 2. The molecular formula is C52H102N2O4. The quantitative estimate of drug-likeness (QED) is 0.0520. The van der Waals surface area contributed by atoms with Crippen LogP contribution in [0.15, 0.2) is 0 Å². The molecule has 2 rings (SSSR count). The normalized spacial score (nSPS) is 18.7. The third-order valence-corrected chi connectivity index (χ3v) is 12.4. The maximum absolute atomic E-state index is 12.2. The Hall–Kier alpha value is -1.14. The monoisotopic (exact) mass is 819 g/mol. The zero-order valence-corrected chi connectivity index (χ0v) is 40.8. The molecule has 0 unspecified atom stereocenters. The highest BCUT2D eigenvalue weighted by Gasteiger charge is 2.40. The van der Waals surface area contributed by atoms with E-state index >= 15 is 0 Å². The number of piperidine rings is 2. The number of hydrogen-bond acceptors (Lipinski definition) is 6. The van der Waals surface area contributed by atoms with E-state index in [1.165, 1.54) is 154 Å². The lowest BCUT2D eigenvalue weighted by atomic mass is 9.81. The zero-order chi connectivity index (χ0) is 43.2. The number of hydrogen-bond donors (Lipinski definition) is 2. The van der Waals surface area contributed by atoms with Crippen LogP contribution in [-0.4, -0.2) is 46.3 Å². The zero-order valence-electron chi connectivity index (χ0n) is 40.8. The Morgan fingerprint density at radius 3 is 0.759 bits per heavy atom. The first-order chi connectivity index (χ1) is 27.5. The minimum absolute atomic E-state index is 0.00146. The van der Waals surface area contributed by atoms with Crippen LogP contribution in [0, 0.1) is 0 Å². The van der Waals surface area contributed by atoms with Crippen LogP contribution in [0.5, 0.6) is 0 Å². The first kappa shape index (κ1) is 54.9. The van der Waals surface area contributed by atoms with E-state index in [0.29, 0.717) is 12.8 Å². The molecule has 0 atom stereocenters. The van der Waals surface area contributed by atoms with Crippen LogP contribution in [0.2, 0.25) is 0 Å². The molecule has 0 aromatic carbocycles. The summed E-state index contributed by atoms with van der Waals surface area (Å²) >= 11 is 0. The largest absolute Gasteiger partial charge is 0.462 e. The van der Waals surface area contributed by atoms with Crippen LogP contribution < -0.4 is 10.6 Å². The van der Waals surface area contributed by atoms with Gasteiger partial charge in [0.1, 0.15) is 12.2 Å². The van der Waals surface area contributed by atoms with Gasteiger partial charge < -0.3 is 20.1 Å². The Bertz CT molecular complexity index is 989. The van der Waals surface area contributed by atoms with Crippen LogP contribution in [0.1, 0.15) is 288 Å². The van der Waals surface area contributed by atoms with Crippen molar-refractivity contribution < 1.29 is 19.1 Å². The van der Waals surface area contributed by atoms with Gasteiger partial charge in [-0.25, -0.2) is 0 Å². The minimum Gasteiger partial charge on any atom is -0.462 e. The molecule has 2 heterocycles. The highest BCUT2D eigenvalue weighted by molar-refractivity contribution is 5.69. The molecule has 0 amide bonds. The van der Waals surface area contributed by atoms with E-state index in [4.69, 9.17) is 9.47 Å². The van der Waals surface area contributed by atoms with Crippen molar-refractivity contribution in [1.82, 2.24) is 10.6 Å². The summed E-state index contributed by atoms with van der Waals surface area (Å²) in [6.45, 7) is 22.1. The highest BCUT2D eigenvalue weighted by atomic mass is 16.5. The third kappa shape index (κ3) is 31.7. The maximum atomic E-state index is 12.2. The van der Waals surface area contributed by atoms with Crippen LogP contribution in [-0.2, 0) is 19.1 Å². The number of carbonyl (C=O) groups excluding carboxylic acids is 2. The Labute approximate surface area is 362 Å². The molecule has 2 aliphatic rings. The number of ether oxygens (including phenoxy) is 2. The second-order valence-corrected chi connectivity index (χ2v) is 21.5. The molecule has 6 heteroatoms. The van der Waals surface area contributed by atoms with E-state index < -0.39 is 0 Å². The summed E-state index contributed by atoms with van der Waals surface area (Å²) < 4.78 is 11.6. The van der Waals surface area contributed by atoms with E-state index in [2.05, 4.69) is 79.9 Å². The number of carbonyl (C=O) groups is 2. The predicted octanol–water partition coefficient (Wildman–Crippen LogP) is 15.4. The maximum Gasteiger partial charge on any atom is 0.306 e. The van der Waals surface area contributed by atoms with Crippen LogP contribution in [0.4, 0.5) is 0 Å². The SMILES string of the molecule is CCCCCCCCCCCCCCCC(=O)OC1CC(C)(C)NC(C)(C)C1.CCCCCCCCCCCCCCCCCC(=O)OC1CC(C)(C)NC(C)(C)C1. The molecule has 6 nitrogen and oxygen atoms in total. The van der Waals surface area contributed by atoms with Crippen molar-refractivity contribution in [1.29, 1.82) is 0 Å². The van der Waals surface area contributed by atoms with Crippen molar-refractivity contribution in [2.24, 2.45) is 0 Å². The van der Waals surface area contributed by atoms with Crippen molar-refractivity contribution in [3.8, 4) is 0 Å². The third-order valence-electron chi connectivity index (χ3n) is 12.4. The molecule has 0 bridgehead atoms. The summed E-state index contributed by atoms with van der Waals surface area (Å²) in [6, 6.07) is 0. The lowest BCUT2D eigenvalue weighted by Crippen LogP contribution is -2.59. The van der Waals surface area contributed by atoms with Gasteiger partial charge in [0.15, 0.2) is 0 Å². The van der Waals surface area contributed by atoms with Gasteiger partial charge in [-0.3, -0.25) is 9.59 Å². The average molecular weight is 819 g/mol. The topological polar surface area (TPSA) is 76.7 Å². The van der Waals surface area contributed by atoms with E-state index in [1.807, 2.05) is 0 Å². The first-order valence-corrected chi connectivity index (χ1v) is 25.5. The van der Waals surface area contributed by atoms with Crippen LogP contribution >= 0.6 is 0 Å². The standard InChI is InChI=1S/C27H53NO2.C25H49NO2/c1-6-7-8-9-10-11-12-13-14-15-16-17-18-19-20-21-25(29)30-24-22-26(2,3)28-27(4,5)23-24;1-6-7-8-9-10-11-12-13-14-15-16-17-18-19-23(27)28-22-20-24(2,3)26-25(4,5)21-22/h24,28H,6-23H2,1-5H3;22,26H,6-21H2,1-5H3. The summed E-state index contributed by atoms with van der Waals surface area (Å²) in [7, 11) is 0. The van der Waals surface area contributed by atoms with Crippen molar-refractivity contribution in [2.75, 3.05) is 0 Å². The fraction of sp³-hybridized carbons (Fsp3) is 0.962. The van der Waals surface area contributed by atoms with Gasteiger partial charge >= 0.3 is 11.9 Å². The summed E-state index contributed by atoms with van der Waals surface area (Å²) in [4.78, 5) is 24.4. The molecular weight excluding hydrogens is 717 g/mol. The smallest absolute Gasteiger partial charge is 0.306 e. The molecule has 0 aromatic rings. The fourth-order valence-corrected chi connectivity index (χ4v) is 10.0. The summed E-state index contributed by atoms with van der Waals surface area (Å²) in [6.07, 6.45) is 42.5. The molecule has 344 valence electrons. The Balaban J connectivity index is 0.000000581. The first-order valence-electron chi connectivity index (χ1n) is 25.5. The molecule has 0 spiro atoms. The molecule has 2 aliphatic heterocycles. The van der Waals surface area contributed by atoms with Gasteiger partial charge in [0.2, 0.25) is 0 Å². The van der Waals surface area contributed by atoms with E-state index in [-0.39, 0.29) is 46.3 Å². The average Bonchev–Trinajstić information content (AvgIpc) is 3.09. The minimum atomic E-state index is 0.00146. The summed E-state index contributed by atoms with van der Waals surface area (Å²) in [5, 5.41) is 7.28. The predicted molar refractivity (Wildman–Crippen MR) is 251 cm³/mol. The van der Waals surface area contributed by atoms with E-state index in [0.717, 1.165) is 51.4 Å². The molecule has 0 aromatic heterocycles. The van der Waals surface area contributed by atoms with Crippen LogP contribution in [0.25, 0.3) is 0 Å². The lowest BCUT2D eigenvalue weighted by molar-refractivity contribution is -0.154. The van der Waals surface area contributed by atoms with Crippen LogP contribution in [0.3, 0.4) is 0 Å². The molecule has 0 radical (unpaired) electrons. The van der Waals surface area contributed by atoms with Crippen molar-refractivity contribution in [3.05, 3.63) is 0 Å². The molecule has 0 aliphatic carbocycles. The Morgan fingerprint density at radius 1 is 0.362 bits per heavy atom. The molecule has 58 heavy (non-hydrogen) atoms. The van der Waals surface area contributed by atoms with Gasteiger partial charge in [-0.2, -0.15) is 0 Å². The molecule has 2 fully saturated rings.